The van der Waals surface area contributed by atoms with Crippen LogP contribution < -0.4 is 9.62 Å². The van der Waals surface area contributed by atoms with Gasteiger partial charge in [0.15, 0.2) is 0 Å². The molecule has 230 valence electrons. The second-order valence-corrected chi connectivity index (χ2v) is 14.1. The summed E-state index contributed by atoms with van der Waals surface area (Å²) in [6.07, 6.45) is 4.76. The number of aromatic amines is 1. The standard InChI is InChI=1S/C34H39N5O4S/c1-24(25-11-5-4-6-12-25)37(2)32(40)30(21-26-22-35-29-15-9-7-13-27(26)29)36-33(41)38-19-17-34(18-20-38)23-39(44(3,42)43)31-16-10-8-14-28(31)34/h4-16,22,24,30,35H,17-21,23H2,1-3H3,(H,36,41). The van der Waals surface area contributed by atoms with E-state index < -0.39 is 16.1 Å². The van der Waals surface area contributed by atoms with Crippen molar-refractivity contribution in [2.45, 2.75) is 43.7 Å². The maximum Gasteiger partial charge on any atom is 0.318 e. The minimum Gasteiger partial charge on any atom is -0.361 e. The summed E-state index contributed by atoms with van der Waals surface area (Å²) in [7, 11) is -1.65. The molecule has 0 saturated carbocycles. The highest BCUT2D eigenvalue weighted by Crippen LogP contribution is 2.47. The summed E-state index contributed by atoms with van der Waals surface area (Å²) in [5, 5.41) is 4.11. The molecule has 3 amide bonds. The van der Waals surface area contributed by atoms with Crippen molar-refractivity contribution in [3.63, 3.8) is 0 Å². The van der Waals surface area contributed by atoms with Crippen LogP contribution >= 0.6 is 0 Å². The number of fused-ring (bicyclic) bond motifs is 3. The Morgan fingerprint density at radius 2 is 1.64 bits per heavy atom. The molecule has 4 aromatic rings. The highest BCUT2D eigenvalue weighted by molar-refractivity contribution is 7.92. The number of amides is 3. The van der Waals surface area contributed by atoms with E-state index in [1.807, 2.05) is 92.0 Å². The molecule has 44 heavy (non-hydrogen) atoms. The minimum atomic E-state index is -3.43. The first-order valence-corrected chi connectivity index (χ1v) is 16.9. The number of anilines is 1. The summed E-state index contributed by atoms with van der Waals surface area (Å²) in [6, 6.07) is 24.2. The van der Waals surface area contributed by atoms with Gasteiger partial charge in [0.2, 0.25) is 15.9 Å². The Labute approximate surface area is 258 Å². The Hall–Kier alpha value is -4.31. The number of likely N-dealkylation sites (N-methyl/N-ethyl adjacent to an activating group) is 1. The molecule has 2 N–H and O–H groups in total. The number of carbonyl (C=O) groups excluding carboxylic acids is 2. The first-order chi connectivity index (χ1) is 21.1. The molecular weight excluding hydrogens is 574 g/mol. The van der Waals surface area contributed by atoms with Gasteiger partial charge in [0.05, 0.1) is 18.0 Å². The molecule has 2 aliphatic rings. The molecule has 0 aliphatic carbocycles. The number of para-hydroxylation sites is 2. The van der Waals surface area contributed by atoms with Gasteiger partial charge in [-0.2, -0.15) is 0 Å². The van der Waals surface area contributed by atoms with Crippen molar-refractivity contribution in [1.29, 1.82) is 0 Å². The van der Waals surface area contributed by atoms with E-state index in [2.05, 4.69) is 10.3 Å². The zero-order chi connectivity index (χ0) is 31.1. The van der Waals surface area contributed by atoms with Crippen molar-refractivity contribution in [3.8, 4) is 0 Å². The number of rotatable bonds is 7. The van der Waals surface area contributed by atoms with Crippen LogP contribution in [0.2, 0.25) is 0 Å². The maximum atomic E-state index is 14.0. The molecule has 1 saturated heterocycles. The number of hydrogen-bond acceptors (Lipinski definition) is 4. The third-order valence-electron chi connectivity index (χ3n) is 9.50. The molecule has 9 nitrogen and oxygen atoms in total. The Bertz CT molecular complexity index is 1780. The van der Waals surface area contributed by atoms with Crippen LogP contribution in [-0.2, 0) is 26.7 Å². The molecule has 1 spiro atoms. The van der Waals surface area contributed by atoms with Gasteiger partial charge < -0.3 is 20.1 Å². The Morgan fingerprint density at radius 1 is 0.977 bits per heavy atom. The summed E-state index contributed by atoms with van der Waals surface area (Å²) < 4.78 is 26.7. The monoisotopic (exact) mass is 613 g/mol. The molecule has 1 aromatic heterocycles. The van der Waals surface area contributed by atoms with Gasteiger partial charge in [0.25, 0.3) is 0 Å². The van der Waals surface area contributed by atoms with Crippen molar-refractivity contribution < 1.29 is 18.0 Å². The fourth-order valence-electron chi connectivity index (χ4n) is 6.80. The lowest BCUT2D eigenvalue weighted by molar-refractivity contribution is -0.133. The van der Waals surface area contributed by atoms with Gasteiger partial charge >= 0.3 is 6.03 Å². The number of benzene rings is 3. The predicted molar refractivity (Wildman–Crippen MR) is 173 cm³/mol. The maximum absolute atomic E-state index is 14.0. The second-order valence-electron chi connectivity index (χ2n) is 12.2. The Balaban J connectivity index is 1.21. The molecule has 1 fully saturated rings. The van der Waals surface area contributed by atoms with Gasteiger partial charge in [-0.05, 0) is 48.6 Å². The van der Waals surface area contributed by atoms with Gasteiger partial charge in [-0.25, -0.2) is 13.2 Å². The van der Waals surface area contributed by atoms with Gasteiger partial charge in [-0.1, -0.05) is 66.7 Å². The molecule has 10 heteroatoms. The lowest BCUT2D eigenvalue weighted by Gasteiger charge is -2.40. The van der Waals surface area contributed by atoms with Gasteiger partial charge in [0.1, 0.15) is 6.04 Å². The van der Waals surface area contributed by atoms with Crippen LogP contribution in [0, 0.1) is 0 Å². The Morgan fingerprint density at radius 3 is 2.36 bits per heavy atom. The quantitative estimate of drug-likeness (QED) is 0.312. The number of nitrogens with one attached hydrogen (secondary N) is 2. The zero-order valence-electron chi connectivity index (χ0n) is 25.4. The summed E-state index contributed by atoms with van der Waals surface area (Å²) in [4.78, 5) is 34.5. The third kappa shape index (κ3) is 5.54. The lowest BCUT2D eigenvalue weighted by Crippen LogP contribution is -2.55. The lowest BCUT2D eigenvalue weighted by atomic mass is 9.74. The average Bonchev–Trinajstić information content (AvgIpc) is 3.59. The van der Waals surface area contributed by atoms with Gasteiger partial charge in [-0.3, -0.25) is 9.10 Å². The van der Waals surface area contributed by atoms with Crippen molar-refractivity contribution >= 4 is 38.6 Å². The second kappa shape index (κ2) is 11.6. The third-order valence-corrected chi connectivity index (χ3v) is 10.6. The van der Waals surface area contributed by atoms with Crippen molar-refractivity contribution in [2.24, 2.45) is 0 Å². The fraction of sp³-hybridized carbons (Fsp3) is 0.353. The van der Waals surface area contributed by atoms with E-state index >= 15 is 0 Å². The number of likely N-dealkylation sites (tertiary alicyclic amines) is 1. The molecule has 3 aromatic carbocycles. The number of nitrogens with zero attached hydrogens (tertiary/aromatic N) is 3. The zero-order valence-corrected chi connectivity index (χ0v) is 26.2. The van der Waals surface area contributed by atoms with Crippen LogP contribution in [0.5, 0.6) is 0 Å². The molecule has 0 radical (unpaired) electrons. The number of urea groups is 1. The van der Waals surface area contributed by atoms with Crippen LogP contribution in [0.4, 0.5) is 10.5 Å². The molecule has 6 rings (SSSR count). The highest BCUT2D eigenvalue weighted by atomic mass is 32.2. The van der Waals surface area contributed by atoms with Gasteiger partial charge in [-0.15, -0.1) is 0 Å². The molecule has 2 aliphatic heterocycles. The summed E-state index contributed by atoms with van der Waals surface area (Å²) in [5.74, 6) is -0.165. The first kappa shape index (κ1) is 29.7. The molecule has 2 unspecified atom stereocenters. The van der Waals surface area contributed by atoms with Crippen LogP contribution in [0.25, 0.3) is 10.9 Å². The van der Waals surface area contributed by atoms with Crippen LogP contribution in [0.3, 0.4) is 0 Å². The van der Waals surface area contributed by atoms with E-state index in [1.165, 1.54) is 10.6 Å². The SMILES string of the molecule is CC(c1ccccc1)N(C)C(=O)C(Cc1c[nH]c2ccccc12)NC(=O)N1CCC2(CC1)CN(S(C)(=O)=O)c1ccccc12. The molecule has 2 atom stereocenters. The van der Waals surface area contributed by atoms with Crippen molar-refractivity contribution in [2.75, 3.05) is 37.2 Å². The number of sulfonamides is 1. The highest BCUT2D eigenvalue weighted by Gasteiger charge is 2.47. The number of aromatic nitrogens is 1. The fourth-order valence-corrected chi connectivity index (χ4v) is 7.80. The van der Waals surface area contributed by atoms with Gasteiger partial charge in [0, 0.05) is 55.6 Å². The summed E-state index contributed by atoms with van der Waals surface area (Å²) in [6.45, 7) is 3.29. The average molecular weight is 614 g/mol. The summed E-state index contributed by atoms with van der Waals surface area (Å²) >= 11 is 0. The van der Waals surface area contributed by atoms with E-state index in [-0.39, 0.29) is 23.4 Å². The van der Waals surface area contributed by atoms with E-state index in [0.717, 1.165) is 33.3 Å². The van der Waals surface area contributed by atoms with Crippen LogP contribution in [0.15, 0.2) is 85.1 Å². The smallest absolute Gasteiger partial charge is 0.318 e. The molecule has 0 bridgehead atoms. The minimum absolute atomic E-state index is 0.165. The molecular formula is C34H39N5O4S. The Kier molecular flexibility index (Phi) is 7.88. The van der Waals surface area contributed by atoms with Crippen molar-refractivity contribution in [1.82, 2.24) is 20.1 Å². The number of piperidine rings is 1. The van der Waals surface area contributed by atoms with E-state index in [0.29, 0.717) is 38.9 Å². The van der Waals surface area contributed by atoms with E-state index in [1.54, 1.807) is 16.8 Å². The number of carbonyl (C=O) groups is 2. The normalized spacial score (nSPS) is 17.3. The van der Waals surface area contributed by atoms with Crippen LogP contribution in [0.1, 0.15) is 42.5 Å². The molecule has 3 heterocycles. The largest absolute Gasteiger partial charge is 0.361 e. The predicted octanol–water partition coefficient (Wildman–Crippen LogP) is 4.82. The number of H-pyrrole nitrogens is 1. The van der Waals surface area contributed by atoms with E-state index in [4.69, 9.17) is 0 Å². The van der Waals surface area contributed by atoms with E-state index in [9.17, 15) is 18.0 Å². The topological polar surface area (TPSA) is 106 Å². The van der Waals surface area contributed by atoms with Crippen LogP contribution in [-0.4, -0.2) is 74.1 Å². The first-order valence-electron chi connectivity index (χ1n) is 15.1. The summed E-state index contributed by atoms with van der Waals surface area (Å²) in [5.41, 5.74) is 4.36. The number of hydrogen-bond donors (Lipinski definition) is 2. The van der Waals surface area contributed by atoms with Crippen molar-refractivity contribution in [3.05, 3.63) is 102 Å².